The number of piperazine rings is 1. The van der Waals surface area contributed by atoms with Crippen molar-refractivity contribution < 1.29 is 9.15 Å². The molecule has 2 unspecified atom stereocenters. The van der Waals surface area contributed by atoms with Gasteiger partial charge in [0.25, 0.3) is 0 Å². The van der Waals surface area contributed by atoms with Gasteiger partial charge in [-0.25, -0.2) is 4.99 Å². The summed E-state index contributed by atoms with van der Waals surface area (Å²) in [5, 5.41) is 3.51. The number of nitrogens with one attached hydrogen (secondary N) is 1. The highest BCUT2D eigenvalue weighted by atomic mass is 127. The minimum Gasteiger partial charge on any atom is -0.469 e. The van der Waals surface area contributed by atoms with Crippen LogP contribution in [0.4, 0.5) is 0 Å². The monoisotopic (exact) mass is 490 g/mol. The number of methoxy groups -OCH3 is 1. The molecule has 154 valence electrons. The average molecular weight is 490 g/mol. The number of ether oxygens (including phenoxy) is 1. The Labute approximate surface area is 181 Å². The van der Waals surface area contributed by atoms with Crippen LogP contribution in [0, 0.1) is 0 Å². The number of nitrogens with zero attached hydrogens (tertiary/aromatic N) is 3. The summed E-state index contributed by atoms with van der Waals surface area (Å²) in [6, 6.07) is 4.84. The van der Waals surface area contributed by atoms with E-state index < -0.39 is 0 Å². The Bertz CT molecular complexity index is 565. The molecule has 1 aromatic heterocycles. The number of rotatable bonds is 8. The van der Waals surface area contributed by atoms with Crippen LogP contribution >= 0.6 is 24.0 Å². The van der Waals surface area contributed by atoms with Crippen LogP contribution in [0.5, 0.6) is 0 Å². The molecule has 0 aliphatic carbocycles. The Kier molecular flexibility index (Phi) is 11.0. The Morgan fingerprint density at radius 2 is 2.07 bits per heavy atom. The fourth-order valence-electron chi connectivity index (χ4n) is 3.40. The van der Waals surface area contributed by atoms with Gasteiger partial charge in [-0.15, -0.1) is 24.0 Å². The second kappa shape index (κ2) is 12.4. The summed E-state index contributed by atoms with van der Waals surface area (Å²) in [5.74, 6) is 1.95. The number of hydrogen-bond acceptors (Lipinski definition) is 4. The first-order valence-corrected chi connectivity index (χ1v) is 9.46. The van der Waals surface area contributed by atoms with Crippen molar-refractivity contribution in [2.24, 2.45) is 4.99 Å². The molecule has 0 amide bonds. The predicted octanol–water partition coefficient (Wildman–Crippen LogP) is 3.00. The van der Waals surface area contributed by atoms with Crippen LogP contribution in [-0.4, -0.2) is 74.3 Å². The molecular weight excluding hydrogens is 455 g/mol. The number of hydrogen-bond donors (Lipinski definition) is 1. The second-order valence-electron chi connectivity index (χ2n) is 7.19. The van der Waals surface area contributed by atoms with Gasteiger partial charge in [0, 0.05) is 51.8 Å². The number of furan rings is 1. The van der Waals surface area contributed by atoms with Gasteiger partial charge in [-0.05, 0) is 32.9 Å². The van der Waals surface area contributed by atoms with Gasteiger partial charge < -0.3 is 19.4 Å². The summed E-state index contributed by atoms with van der Waals surface area (Å²) in [5.41, 5.74) is 1.06. The van der Waals surface area contributed by atoms with Crippen LogP contribution in [-0.2, 0) is 11.2 Å². The molecule has 2 atom stereocenters. The van der Waals surface area contributed by atoms with Crippen molar-refractivity contribution in [1.29, 1.82) is 0 Å². The summed E-state index contributed by atoms with van der Waals surface area (Å²) in [4.78, 5) is 9.66. The molecule has 2 heterocycles. The average Bonchev–Trinajstić information content (AvgIpc) is 3.10. The summed E-state index contributed by atoms with van der Waals surface area (Å²) in [6.45, 7) is 15.6. The molecule has 2 rings (SSSR count). The molecule has 27 heavy (non-hydrogen) atoms. The van der Waals surface area contributed by atoms with Gasteiger partial charge in [0.1, 0.15) is 5.76 Å². The Balaban J connectivity index is 0.00000364. The van der Waals surface area contributed by atoms with Crippen LogP contribution in [0.1, 0.15) is 26.5 Å². The Morgan fingerprint density at radius 1 is 1.37 bits per heavy atom. The van der Waals surface area contributed by atoms with Gasteiger partial charge in [0.05, 0.1) is 19.4 Å². The molecule has 0 radical (unpaired) electrons. The van der Waals surface area contributed by atoms with Crippen molar-refractivity contribution in [2.45, 2.75) is 39.3 Å². The fourth-order valence-corrected chi connectivity index (χ4v) is 3.40. The molecule has 0 spiro atoms. The van der Waals surface area contributed by atoms with E-state index >= 15 is 0 Å². The van der Waals surface area contributed by atoms with E-state index in [9.17, 15) is 0 Å². The quantitative estimate of drug-likeness (QED) is 0.263. The van der Waals surface area contributed by atoms with Crippen molar-refractivity contribution >= 4 is 29.9 Å². The molecule has 0 bridgehead atoms. The second-order valence-corrected chi connectivity index (χ2v) is 7.19. The highest BCUT2D eigenvalue weighted by Crippen LogP contribution is 2.16. The van der Waals surface area contributed by atoms with Crippen LogP contribution in [0.3, 0.4) is 0 Å². The highest BCUT2D eigenvalue weighted by molar-refractivity contribution is 14.0. The minimum atomic E-state index is 0. The number of aliphatic imine (C=N–C) groups is 1. The molecule has 1 N–H and O–H groups in total. The molecule has 6 nitrogen and oxygen atoms in total. The molecular formula is C20H35IN4O2. The summed E-state index contributed by atoms with van der Waals surface area (Å²) < 4.78 is 10.7. The maximum atomic E-state index is 5.42. The Hall–Kier alpha value is -1.06. The topological polar surface area (TPSA) is 53.2 Å². The third kappa shape index (κ3) is 7.83. The highest BCUT2D eigenvalue weighted by Gasteiger charge is 2.30. The molecule has 1 saturated heterocycles. The van der Waals surface area contributed by atoms with E-state index in [-0.39, 0.29) is 24.0 Å². The first-order valence-electron chi connectivity index (χ1n) is 9.46. The van der Waals surface area contributed by atoms with Crippen molar-refractivity contribution in [3.05, 3.63) is 36.3 Å². The zero-order valence-electron chi connectivity index (χ0n) is 17.1. The molecule has 1 aromatic rings. The van der Waals surface area contributed by atoms with Gasteiger partial charge >= 0.3 is 0 Å². The van der Waals surface area contributed by atoms with E-state index in [1.807, 2.05) is 19.1 Å². The predicted molar refractivity (Wildman–Crippen MR) is 122 cm³/mol. The summed E-state index contributed by atoms with van der Waals surface area (Å²) in [7, 11) is 1.76. The smallest absolute Gasteiger partial charge is 0.194 e. The number of halogens is 1. The maximum Gasteiger partial charge on any atom is 0.194 e. The van der Waals surface area contributed by atoms with E-state index in [1.165, 1.54) is 0 Å². The third-order valence-electron chi connectivity index (χ3n) is 4.69. The lowest BCUT2D eigenvalue weighted by Crippen LogP contribution is -2.60. The lowest BCUT2D eigenvalue weighted by Gasteiger charge is -2.45. The zero-order chi connectivity index (χ0) is 18.9. The number of guanidine groups is 1. The fraction of sp³-hybridized carbons (Fsp3) is 0.650. The van der Waals surface area contributed by atoms with Gasteiger partial charge in [-0.1, -0.05) is 12.2 Å². The van der Waals surface area contributed by atoms with Crippen molar-refractivity contribution in [2.75, 3.05) is 46.4 Å². The Morgan fingerprint density at radius 3 is 2.63 bits per heavy atom. The van der Waals surface area contributed by atoms with Gasteiger partial charge in [-0.3, -0.25) is 4.90 Å². The van der Waals surface area contributed by atoms with Crippen LogP contribution in [0.15, 0.2) is 40.0 Å². The molecule has 0 aromatic carbocycles. The first kappa shape index (κ1) is 24.0. The van der Waals surface area contributed by atoms with Gasteiger partial charge in [0.15, 0.2) is 5.96 Å². The van der Waals surface area contributed by atoms with Crippen molar-refractivity contribution in [3.8, 4) is 0 Å². The largest absolute Gasteiger partial charge is 0.469 e. The standard InChI is InChI=1S/C20H34N4O2.HI/c1-16(2)13-22-20(21-9-8-19-7-6-11-26-19)23-14-17(3)24(10-12-25-5)18(4)15-23;/h6-7,11,17-18H,1,8-10,12-15H2,2-5H3,(H,21,22);1H. The molecule has 1 aliphatic heterocycles. The van der Waals surface area contributed by atoms with E-state index in [2.05, 4.69) is 35.5 Å². The molecule has 0 saturated carbocycles. The lowest BCUT2D eigenvalue weighted by atomic mass is 10.1. The van der Waals surface area contributed by atoms with Gasteiger partial charge in [0.2, 0.25) is 0 Å². The van der Waals surface area contributed by atoms with Crippen LogP contribution < -0.4 is 5.32 Å². The first-order chi connectivity index (χ1) is 12.5. The molecule has 1 aliphatic rings. The normalized spacial score (nSPS) is 21.0. The zero-order valence-corrected chi connectivity index (χ0v) is 19.4. The van der Waals surface area contributed by atoms with Crippen molar-refractivity contribution in [3.63, 3.8) is 0 Å². The SMILES string of the molecule is C=C(C)CN=C(NCCc1ccco1)N1CC(C)N(CCOC)C(C)C1.I. The molecule has 1 fully saturated rings. The van der Waals surface area contributed by atoms with Crippen LogP contribution in [0.25, 0.3) is 0 Å². The summed E-state index contributed by atoms with van der Waals surface area (Å²) in [6.07, 6.45) is 2.56. The van der Waals surface area contributed by atoms with Crippen LogP contribution in [0.2, 0.25) is 0 Å². The van der Waals surface area contributed by atoms with E-state index in [0.29, 0.717) is 18.6 Å². The van der Waals surface area contributed by atoms with Gasteiger partial charge in [-0.2, -0.15) is 0 Å². The van der Waals surface area contributed by atoms with E-state index in [4.69, 9.17) is 14.1 Å². The molecule has 7 heteroatoms. The van der Waals surface area contributed by atoms with Crippen molar-refractivity contribution in [1.82, 2.24) is 15.1 Å². The maximum absolute atomic E-state index is 5.42. The van der Waals surface area contributed by atoms with E-state index in [1.54, 1.807) is 13.4 Å². The lowest BCUT2D eigenvalue weighted by molar-refractivity contribution is 0.0443. The minimum absolute atomic E-state index is 0. The third-order valence-corrected chi connectivity index (χ3v) is 4.69. The summed E-state index contributed by atoms with van der Waals surface area (Å²) >= 11 is 0. The van der Waals surface area contributed by atoms with E-state index in [0.717, 1.165) is 56.5 Å².